The fourth-order valence-corrected chi connectivity index (χ4v) is 2.41. The number of ether oxygens (including phenoxy) is 1. The third-order valence-electron chi connectivity index (χ3n) is 3.79. The van der Waals surface area contributed by atoms with E-state index in [1.165, 1.54) is 11.1 Å². The van der Waals surface area contributed by atoms with Crippen LogP contribution in [0.2, 0.25) is 0 Å². The smallest absolute Gasteiger partial charge is 0.308 e. The first kappa shape index (κ1) is 18.8. The number of rotatable bonds is 9. The highest BCUT2D eigenvalue weighted by atomic mass is 16.5. The number of nitrogens with zero attached hydrogens (tertiary/aromatic N) is 3. The van der Waals surface area contributed by atoms with Crippen molar-refractivity contribution in [3.63, 3.8) is 0 Å². The topological polar surface area (TPSA) is 92.6 Å². The van der Waals surface area contributed by atoms with E-state index in [-0.39, 0.29) is 18.1 Å². The zero-order valence-electron chi connectivity index (χ0n) is 14.5. The summed E-state index contributed by atoms with van der Waals surface area (Å²) in [6, 6.07) is 7.30. The maximum absolute atomic E-state index is 12.8. The molecular weight excluding hydrogens is 322 g/mol. The van der Waals surface area contributed by atoms with E-state index in [2.05, 4.69) is 9.97 Å². The highest BCUT2D eigenvalue weighted by Crippen LogP contribution is 2.12. The minimum atomic E-state index is -0.938. The average molecular weight is 345 g/mol. The van der Waals surface area contributed by atoms with Gasteiger partial charge in [0.2, 0.25) is 0 Å². The van der Waals surface area contributed by atoms with Crippen molar-refractivity contribution in [2.45, 2.75) is 20.3 Å². The van der Waals surface area contributed by atoms with Crippen molar-refractivity contribution in [1.29, 1.82) is 0 Å². The molecule has 134 valence electrons. The maximum Gasteiger partial charge on any atom is 0.308 e. The fourth-order valence-electron chi connectivity index (χ4n) is 2.41. The maximum atomic E-state index is 12.8. The standard InChI is InChI=1S/C18H23N3O4/c1-3-25-10-6-9-21(12-13(2)18(23)24)17(22)16-11-19-14-7-4-5-8-15(14)20-16/h4-5,7-8,11,13H,3,6,9-10,12H2,1-2H3,(H,23,24). The van der Waals surface area contributed by atoms with Crippen LogP contribution in [0.1, 0.15) is 30.8 Å². The number of hydrogen-bond acceptors (Lipinski definition) is 5. The van der Waals surface area contributed by atoms with E-state index in [0.717, 1.165) is 0 Å². The summed E-state index contributed by atoms with van der Waals surface area (Å²) in [5, 5.41) is 9.14. The van der Waals surface area contributed by atoms with Crippen LogP contribution in [0, 0.1) is 5.92 Å². The summed E-state index contributed by atoms with van der Waals surface area (Å²) in [5.41, 5.74) is 1.56. The van der Waals surface area contributed by atoms with Crippen molar-refractivity contribution >= 4 is 22.9 Å². The monoisotopic (exact) mass is 345 g/mol. The van der Waals surface area contributed by atoms with Crippen molar-refractivity contribution in [2.75, 3.05) is 26.3 Å². The summed E-state index contributed by atoms with van der Waals surface area (Å²) in [6.07, 6.45) is 2.07. The average Bonchev–Trinajstić information content (AvgIpc) is 2.63. The SMILES string of the molecule is CCOCCCN(CC(C)C(=O)O)C(=O)c1cnc2ccccc2n1. The molecule has 1 unspecified atom stereocenters. The highest BCUT2D eigenvalue weighted by Gasteiger charge is 2.22. The van der Waals surface area contributed by atoms with Gasteiger partial charge in [-0.2, -0.15) is 0 Å². The van der Waals surface area contributed by atoms with Crippen LogP contribution in [-0.4, -0.2) is 58.2 Å². The number of amides is 1. The van der Waals surface area contributed by atoms with E-state index in [0.29, 0.717) is 37.2 Å². The van der Waals surface area contributed by atoms with E-state index < -0.39 is 11.9 Å². The molecule has 1 aromatic carbocycles. The van der Waals surface area contributed by atoms with Crippen molar-refractivity contribution in [3.05, 3.63) is 36.2 Å². The molecule has 0 aliphatic heterocycles. The minimum absolute atomic E-state index is 0.120. The quantitative estimate of drug-likeness (QED) is 0.701. The molecule has 0 aliphatic rings. The molecule has 0 bridgehead atoms. The Balaban J connectivity index is 2.17. The first-order chi connectivity index (χ1) is 12.0. The normalized spacial score (nSPS) is 12.1. The number of aromatic nitrogens is 2. The van der Waals surface area contributed by atoms with E-state index in [9.17, 15) is 9.59 Å². The predicted molar refractivity (Wildman–Crippen MR) is 93.4 cm³/mol. The lowest BCUT2D eigenvalue weighted by Crippen LogP contribution is -2.38. The van der Waals surface area contributed by atoms with Crippen molar-refractivity contribution in [1.82, 2.24) is 14.9 Å². The fraction of sp³-hybridized carbons (Fsp3) is 0.444. The molecule has 1 heterocycles. The molecule has 1 atom stereocenters. The van der Waals surface area contributed by atoms with Gasteiger partial charge in [0.25, 0.3) is 5.91 Å². The van der Waals surface area contributed by atoms with Gasteiger partial charge in [-0.05, 0) is 25.5 Å². The third-order valence-corrected chi connectivity index (χ3v) is 3.79. The molecule has 0 spiro atoms. The van der Waals surface area contributed by atoms with Crippen LogP contribution in [0.4, 0.5) is 0 Å². The molecule has 1 N–H and O–H groups in total. The summed E-state index contributed by atoms with van der Waals surface area (Å²) < 4.78 is 5.30. The molecule has 2 rings (SSSR count). The Bertz CT molecular complexity index is 735. The Morgan fingerprint density at radius 2 is 2.00 bits per heavy atom. The number of carbonyl (C=O) groups is 2. The van der Waals surface area contributed by atoms with Crippen molar-refractivity contribution < 1.29 is 19.4 Å². The molecule has 0 aliphatic carbocycles. The Labute approximate surface area is 146 Å². The second kappa shape index (κ2) is 9.08. The van der Waals surface area contributed by atoms with Gasteiger partial charge in [-0.15, -0.1) is 0 Å². The molecule has 2 aromatic rings. The lowest BCUT2D eigenvalue weighted by atomic mass is 10.1. The van der Waals surface area contributed by atoms with Gasteiger partial charge in [0.15, 0.2) is 0 Å². The Morgan fingerprint density at radius 3 is 2.68 bits per heavy atom. The number of carbonyl (C=O) groups excluding carboxylic acids is 1. The van der Waals surface area contributed by atoms with Gasteiger partial charge in [-0.1, -0.05) is 19.1 Å². The van der Waals surface area contributed by atoms with Gasteiger partial charge in [-0.3, -0.25) is 14.6 Å². The number of para-hydroxylation sites is 2. The number of carboxylic acid groups (broad SMARTS) is 1. The summed E-state index contributed by atoms with van der Waals surface area (Å²) >= 11 is 0. The number of benzene rings is 1. The van der Waals surface area contributed by atoms with Gasteiger partial charge in [0.1, 0.15) is 5.69 Å². The Hall–Kier alpha value is -2.54. The molecule has 1 amide bonds. The van der Waals surface area contributed by atoms with Crippen LogP contribution in [0.5, 0.6) is 0 Å². The van der Waals surface area contributed by atoms with Crippen LogP contribution in [-0.2, 0) is 9.53 Å². The summed E-state index contributed by atoms with van der Waals surface area (Å²) in [5.74, 6) is -1.92. The summed E-state index contributed by atoms with van der Waals surface area (Å²) in [7, 11) is 0. The van der Waals surface area contributed by atoms with E-state index in [1.807, 2.05) is 25.1 Å². The first-order valence-electron chi connectivity index (χ1n) is 8.34. The molecule has 0 radical (unpaired) electrons. The number of hydrogen-bond donors (Lipinski definition) is 1. The first-order valence-corrected chi connectivity index (χ1v) is 8.34. The number of aliphatic carboxylic acids is 1. The lowest BCUT2D eigenvalue weighted by molar-refractivity contribution is -0.141. The minimum Gasteiger partial charge on any atom is -0.481 e. The zero-order valence-corrected chi connectivity index (χ0v) is 14.5. The van der Waals surface area contributed by atoms with Crippen LogP contribution >= 0.6 is 0 Å². The molecule has 7 nitrogen and oxygen atoms in total. The van der Waals surface area contributed by atoms with Gasteiger partial charge >= 0.3 is 5.97 Å². The van der Waals surface area contributed by atoms with Crippen molar-refractivity contribution in [3.8, 4) is 0 Å². The lowest BCUT2D eigenvalue weighted by Gasteiger charge is -2.24. The summed E-state index contributed by atoms with van der Waals surface area (Å²) in [6.45, 7) is 5.14. The Morgan fingerprint density at radius 1 is 1.28 bits per heavy atom. The molecule has 0 fully saturated rings. The number of fused-ring (bicyclic) bond motifs is 1. The largest absolute Gasteiger partial charge is 0.481 e. The van der Waals surface area contributed by atoms with Gasteiger partial charge in [0.05, 0.1) is 23.1 Å². The van der Waals surface area contributed by atoms with Crippen LogP contribution in [0.25, 0.3) is 11.0 Å². The molecule has 0 saturated heterocycles. The van der Waals surface area contributed by atoms with Gasteiger partial charge in [0, 0.05) is 26.3 Å². The molecular formula is C18H23N3O4. The van der Waals surface area contributed by atoms with E-state index >= 15 is 0 Å². The molecule has 25 heavy (non-hydrogen) atoms. The highest BCUT2D eigenvalue weighted by molar-refractivity contribution is 5.94. The Kier molecular flexibility index (Phi) is 6.82. The third kappa shape index (κ3) is 5.22. The van der Waals surface area contributed by atoms with E-state index in [4.69, 9.17) is 9.84 Å². The van der Waals surface area contributed by atoms with Crippen LogP contribution < -0.4 is 0 Å². The second-order valence-electron chi connectivity index (χ2n) is 5.78. The van der Waals surface area contributed by atoms with Gasteiger partial charge < -0.3 is 14.7 Å². The number of carboxylic acids is 1. The van der Waals surface area contributed by atoms with Crippen LogP contribution in [0.3, 0.4) is 0 Å². The predicted octanol–water partition coefficient (Wildman–Crippen LogP) is 2.22. The van der Waals surface area contributed by atoms with Gasteiger partial charge in [-0.25, -0.2) is 4.98 Å². The van der Waals surface area contributed by atoms with E-state index in [1.54, 1.807) is 13.0 Å². The van der Waals surface area contributed by atoms with Crippen molar-refractivity contribution in [2.24, 2.45) is 5.92 Å². The molecule has 1 aromatic heterocycles. The summed E-state index contributed by atoms with van der Waals surface area (Å²) in [4.78, 5) is 34.1. The molecule has 7 heteroatoms. The second-order valence-corrected chi connectivity index (χ2v) is 5.78. The zero-order chi connectivity index (χ0) is 18.2. The van der Waals surface area contributed by atoms with Crippen LogP contribution in [0.15, 0.2) is 30.5 Å². The molecule has 0 saturated carbocycles.